The van der Waals surface area contributed by atoms with Gasteiger partial charge in [-0.25, -0.2) is 0 Å². The molecule has 5 heteroatoms. The van der Waals surface area contributed by atoms with Gasteiger partial charge in [-0.15, -0.1) is 4.91 Å². The maximum atomic E-state index is 11.5. The average Bonchev–Trinajstić information content (AvgIpc) is 2.56. The number of hydrogen-bond acceptors (Lipinski definition) is 4. The molecule has 0 aliphatic rings. The largest absolute Gasteiger partial charge is 0.466 e. The van der Waals surface area contributed by atoms with Gasteiger partial charge in [-0.05, 0) is 19.3 Å². The second kappa shape index (κ2) is 17.1. The molecule has 0 radical (unpaired) electrons. The predicted octanol–water partition coefficient (Wildman–Crippen LogP) is 5.30. The number of carbonyl (C=O) groups excluding carboxylic acids is 2. The van der Waals surface area contributed by atoms with E-state index in [1.807, 2.05) is 0 Å². The molecule has 0 unspecified atom stereocenters. The van der Waals surface area contributed by atoms with Crippen LogP contribution in [0.3, 0.4) is 0 Å². The summed E-state index contributed by atoms with van der Waals surface area (Å²) < 4.78 is 5.22. The Balaban J connectivity index is 3.21. The van der Waals surface area contributed by atoms with Crippen LogP contribution >= 0.6 is 0 Å². The number of unbranched alkanes of at least 4 members (excludes halogenated alkanes) is 10. The minimum absolute atomic E-state index is 0.0822. The SMILES string of the molecule is CCCCCCCCOC(=O)CCCCCCCCC(=O)N=O. The van der Waals surface area contributed by atoms with Gasteiger partial charge in [-0.2, -0.15) is 0 Å². The molecule has 0 fully saturated rings. The van der Waals surface area contributed by atoms with E-state index in [9.17, 15) is 14.5 Å². The number of nitrogens with zero attached hydrogens (tertiary/aromatic N) is 1. The van der Waals surface area contributed by atoms with E-state index < -0.39 is 5.91 Å². The van der Waals surface area contributed by atoms with Gasteiger partial charge in [0.15, 0.2) is 0 Å². The summed E-state index contributed by atoms with van der Waals surface area (Å²) in [6.45, 7) is 2.76. The Labute approximate surface area is 140 Å². The van der Waals surface area contributed by atoms with Crippen molar-refractivity contribution in [3.8, 4) is 0 Å². The summed E-state index contributed by atoms with van der Waals surface area (Å²) in [6.07, 6.45) is 13.6. The standard InChI is InChI=1S/C18H33NO4/c1-2-3-4-5-10-13-16-23-18(21)15-12-9-7-6-8-11-14-17(20)19-22/h2-16H2,1H3. The van der Waals surface area contributed by atoms with E-state index in [2.05, 4.69) is 12.1 Å². The van der Waals surface area contributed by atoms with Crippen LogP contribution in [0.5, 0.6) is 0 Å². The van der Waals surface area contributed by atoms with Crippen LogP contribution in [0.4, 0.5) is 0 Å². The summed E-state index contributed by atoms with van der Waals surface area (Å²) in [4.78, 5) is 32.1. The first kappa shape index (κ1) is 21.7. The van der Waals surface area contributed by atoms with Gasteiger partial charge < -0.3 is 4.74 Å². The Bertz CT molecular complexity index is 318. The van der Waals surface area contributed by atoms with E-state index in [-0.39, 0.29) is 12.4 Å². The molecule has 0 N–H and O–H groups in total. The molecular weight excluding hydrogens is 294 g/mol. The molecule has 0 aromatic heterocycles. The minimum Gasteiger partial charge on any atom is -0.466 e. The Kier molecular flexibility index (Phi) is 16.2. The predicted molar refractivity (Wildman–Crippen MR) is 92.1 cm³/mol. The molecule has 5 nitrogen and oxygen atoms in total. The lowest BCUT2D eigenvalue weighted by molar-refractivity contribution is -0.143. The maximum Gasteiger partial charge on any atom is 0.305 e. The van der Waals surface area contributed by atoms with Crippen molar-refractivity contribution >= 4 is 11.9 Å². The van der Waals surface area contributed by atoms with E-state index in [4.69, 9.17) is 4.74 Å². The molecule has 0 aliphatic carbocycles. The first-order valence-corrected chi connectivity index (χ1v) is 9.22. The summed E-state index contributed by atoms with van der Waals surface area (Å²) in [6, 6.07) is 0. The van der Waals surface area contributed by atoms with Crippen LogP contribution < -0.4 is 0 Å². The summed E-state index contributed by atoms with van der Waals surface area (Å²) in [5.74, 6) is -0.640. The molecule has 0 aromatic rings. The van der Waals surface area contributed by atoms with E-state index in [1.165, 1.54) is 25.7 Å². The van der Waals surface area contributed by atoms with Gasteiger partial charge >= 0.3 is 5.97 Å². The van der Waals surface area contributed by atoms with Gasteiger partial charge in [0.05, 0.1) is 6.61 Å². The molecule has 1 amide bonds. The van der Waals surface area contributed by atoms with E-state index in [0.29, 0.717) is 13.0 Å². The molecule has 0 aliphatic heterocycles. The van der Waals surface area contributed by atoms with Crippen molar-refractivity contribution in [1.82, 2.24) is 0 Å². The second-order valence-electron chi connectivity index (χ2n) is 6.09. The highest BCUT2D eigenvalue weighted by molar-refractivity contribution is 5.76. The third kappa shape index (κ3) is 16.9. The van der Waals surface area contributed by atoms with E-state index >= 15 is 0 Å². The zero-order valence-corrected chi connectivity index (χ0v) is 14.7. The smallest absolute Gasteiger partial charge is 0.305 e. The van der Waals surface area contributed by atoms with Gasteiger partial charge in [0.2, 0.25) is 0 Å². The van der Waals surface area contributed by atoms with Crippen molar-refractivity contribution in [1.29, 1.82) is 0 Å². The summed E-state index contributed by atoms with van der Waals surface area (Å²) in [5.41, 5.74) is 0. The number of rotatable bonds is 16. The second-order valence-corrected chi connectivity index (χ2v) is 6.09. The average molecular weight is 327 g/mol. The summed E-state index contributed by atoms with van der Waals surface area (Å²) in [5, 5.41) is 2.36. The van der Waals surface area contributed by atoms with Crippen LogP contribution in [0.1, 0.15) is 96.8 Å². The first-order valence-electron chi connectivity index (χ1n) is 9.22. The fourth-order valence-electron chi connectivity index (χ4n) is 2.44. The molecule has 0 saturated heterocycles. The number of amides is 1. The molecule has 0 bridgehead atoms. The van der Waals surface area contributed by atoms with Crippen molar-refractivity contribution in [3.63, 3.8) is 0 Å². The van der Waals surface area contributed by atoms with E-state index in [1.54, 1.807) is 0 Å². The lowest BCUT2D eigenvalue weighted by atomic mass is 10.1. The number of esters is 1. The highest BCUT2D eigenvalue weighted by Gasteiger charge is 2.03. The summed E-state index contributed by atoms with van der Waals surface area (Å²) >= 11 is 0. The normalized spacial score (nSPS) is 10.5. The number of carbonyl (C=O) groups is 2. The highest BCUT2D eigenvalue weighted by Crippen LogP contribution is 2.10. The van der Waals surface area contributed by atoms with Gasteiger partial charge in [0, 0.05) is 18.0 Å². The Morgan fingerprint density at radius 2 is 1.26 bits per heavy atom. The molecule has 0 atom stereocenters. The molecule has 0 heterocycles. The van der Waals surface area contributed by atoms with Crippen molar-refractivity contribution in [2.75, 3.05) is 6.61 Å². The number of hydrogen-bond donors (Lipinski definition) is 0. The Hall–Kier alpha value is -1.26. The molecular formula is C18H33NO4. The third-order valence-electron chi connectivity index (χ3n) is 3.88. The van der Waals surface area contributed by atoms with Crippen LogP contribution in [0, 0.1) is 4.91 Å². The van der Waals surface area contributed by atoms with Crippen LogP contribution in [-0.4, -0.2) is 18.5 Å². The number of nitroso groups, excluding NO2 is 1. The molecule has 0 aromatic carbocycles. The fourth-order valence-corrected chi connectivity index (χ4v) is 2.44. The molecule has 0 spiro atoms. The van der Waals surface area contributed by atoms with Crippen LogP contribution in [0.25, 0.3) is 0 Å². The van der Waals surface area contributed by atoms with Crippen LogP contribution in [0.15, 0.2) is 5.18 Å². The van der Waals surface area contributed by atoms with Crippen molar-refractivity contribution in [2.24, 2.45) is 5.18 Å². The van der Waals surface area contributed by atoms with Gasteiger partial charge in [-0.3, -0.25) is 9.59 Å². The van der Waals surface area contributed by atoms with Crippen LogP contribution in [-0.2, 0) is 14.3 Å². The molecule has 23 heavy (non-hydrogen) atoms. The maximum absolute atomic E-state index is 11.5. The van der Waals surface area contributed by atoms with E-state index in [0.717, 1.165) is 51.4 Å². The minimum atomic E-state index is -0.557. The van der Waals surface area contributed by atoms with Gasteiger partial charge in [0.1, 0.15) is 0 Å². The zero-order valence-electron chi connectivity index (χ0n) is 14.7. The zero-order chi connectivity index (χ0) is 17.2. The van der Waals surface area contributed by atoms with Crippen LogP contribution in [0.2, 0.25) is 0 Å². The fraction of sp³-hybridized carbons (Fsp3) is 0.889. The third-order valence-corrected chi connectivity index (χ3v) is 3.88. The molecule has 134 valence electrons. The first-order chi connectivity index (χ1) is 11.2. The van der Waals surface area contributed by atoms with Gasteiger partial charge in [0.25, 0.3) is 5.91 Å². The highest BCUT2D eigenvalue weighted by atomic mass is 16.5. The lowest BCUT2D eigenvalue weighted by Crippen LogP contribution is -2.05. The van der Waals surface area contributed by atoms with Gasteiger partial charge in [-0.1, -0.05) is 64.7 Å². The molecule has 0 saturated carbocycles. The van der Waals surface area contributed by atoms with Crippen molar-refractivity contribution in [3.05, 3.63) is 4.91 Å². The topological polar surface area (TPSA) is 72.8 Å². The summed E-state index contributed by atoms with van der Waals surface area (Å²) in [7, 11) is 0. The van der Waals surface area contributed by atoms with Crippen molar-refractivity contribution < 1.29 is 14.3 Å². The monoisotopic (exact) mass is 327 g/mol. The quantitative estimate of drug-likeness (QED) is 0.219. The van der Waals surface area contributed by atoms with Crippen molar-refractivity contribution in [2.45, 2.75) is 96.8 Å². The Morgan fingerprint density at radius 1 is 0.739 bits per heavy atom. The number of ether oxygens (including phenoxy) is 1. The molecule has 0 rings (SSSR count). The Morgan fingerprint density at radius 3 is 1.87 bits per heavy atom. The lowest BCUT2D eigenvalue weighted by Gasteiger charge is -2.05.